The Hall–Kier alpha value is -0.590. The van der Waals surface area contributed by atoms with Crippen molar-refractivity contribution < 1.29 is 4.74 Å². The maximum Gasteiger partial charge on any atom is 0.122 e. The SMILES string of the molecule is CC(C)(C)O[C@H]1CCN[C@H]1C#N. The molecule has 0 aromatic heterocycles. The van der Waals surface area contributed by atoms with Crippen molar-refractivity contribution in [2.75, 3.05) is 6.54 Å². The van der Waals surface area contributed by atoms with E-state index < -0.39 is 0 Å². The highest BCUT2D eigenvalue weighted by Crippen LogP contribution is 2.18. The minimum atomic E-state index is -0.147. The maximum atomic E-state index is 8.74. The first kappa shape index (κ1) is 9.50. The van der Waals surface area contributed by atoms with Gasteiger partial charge in [0, 0.05) is 0 Å². The van der Waals surface area contributed by atoms with Crippen molar-refractivity contribution in [2.24, 2.45) is 0 Å². The Balaban J connectivity index is 2.48. The van der Waals surface area contributed by atoms with Gasteiger partial charge in [-0.1, -0.05) is 0 Å². The molecule has 2 atom stereocenters. The number of nitrogens with zero attached hydrogens (tertiary/aromatic N) is 1. The third kappa shape index (κ3) is 2.47. The molecule has 1 rings (SSSR count). The van der Waals surface area contributed by atoms with Gasteiger partial charge in [-0.15, -0.1) is 0 Å². The molecule has 0 unspecified atom stereocenters. The van der Waals surface area contributed by atoms with Crippen LogP contribution in [0.2, 0.25) is 0 Å². The highest BCUT2D eigenvalue weighted by Gasteiger charge is 2.30. The lowest BCUT2D eigenvalue weighted by Gasteiger charge is -2.25. The zero-order valence-electron chi connectivity index (χ0n) is 7.92. The normalized spacial score (nSPS) is 30.2. The number of ether oxygens (including phenoxy) is 1. The highest BCUT2D eigenvalue weighted by molar-refractivity contribution is 5.00. The van der Waals surface area contributed by atoms with Crippen LogP contribution in [0.5, 0.6) is 0 Å². The minimum Gasteiger partial charge on any atom is -0.370 e. The lowest BCUT2D eigenvalue weighted by atomic mass is 10.1. The second kappa shape index (κ2) is 3.42. The summed E-state index contributed by atoms with van der Waals surface area (Å²) in [7, 11) is 0. The first-order valence-corrected chi connectivity index (χ1v) is 4.34. The largest absolute Gasteiger partial charge is 0.370 e. The lowest BCUT2D eigenvalue weighted by Crippen LogP contribution is -2.36. The van der Waals surface area contributed by atoms with Crippen LogP contribution in [0, 0.1) is 11.3 Å². The van der Waals surface area contributed by atoms with Crippen LogP contribution in [0.25, 0.3) is 0 Å². The topological polar surface area (TPSA) is 45.0 Å². The number of nitrogens with one attached hydrogen (secondary N) is 1. The van der Waals surface area contributed by atoms with Crippen molar-refractivity contribution in [3.63, 3.8) is 0 Å². The van der Waals surface area contributed by atoms with Crippen LogP contribution in [0.4, 0.5) is 0 Å². The van der Waals surface area contributed by atoms with Crippen molar-refractivity contribution in [3.8, 4) is 6.07 Å². The lowest BCUT2D eigenvalue weighted by molar-refractivity contribution is -0.0574. The van der Waals surface area contributed by atoms with E-state index in [1.165, 1.54) is 0 Å². The van der Waals surface area contributed by atoms with Gasteiger partial charge < -0.3 is 4.74 Å². The predicted octanol–water partition coefficient (Wildman–Crippen LogP) is 1.06. The number of hydrogen-bond acceptors (Lipinski definition) is 3. The Labute approximate surface area is 73.7 Å². The molecular formula is C9H16N2O. The quantitative estimate of drug-likeness (QED) is 0.636. The zero-order chi connectivity index (χ0) is 9.19. The van der Waals surface area contributed by atoms with Gasteiger partial charge in [0.25, 0.3) is 0 Å². The number of rotatable bonds is 1. The van der Waals surface area contributed by atoms with Crippen LogP contribution in [0.3, 0.4) is 0 Å². The Kier molecular flexibility index (Phi) is 2.71. The van der Waals surface area contributed by atoms with E-state index in [1.807, 2.05) is 20.8 Å². The summed E-state index contributed by atoms with van der Waals surface area (Å²) in [6.07, 6.45) is 1.00. The van der Waals surface area contributed by atoms with E-state index in [4.69, 9.17) is 10.00 Å². The molecule has 1 N–H and O–H groups in total. The average molecular weight is 168 g/mol. The summed E-state index contributed by atoms with van der Waals surface area (Å²) in [4.78, 5) is 0. The van der Waals surface area contributed by atoms with Crippen LogP contribution in [-0.4, -0.2) is 24.3 Å². The summed E-state index contributed by atoms with van der Waals surface area (Å²) in [6.45, 7) is 6.93. The monoisotopic (exact) mass is 168 g/mol. The summed E-state index contributed by atoms with van der Waals surface area (Å²) in [5.41, 5.74) is -0.147. The Morgan fingerprint density at radius 1 is 1.50 bits per heavy atom. The van der Waals surface area contributed by atoms with Crippen LogP contribution in [0.15, 0.2) is 0 Å². The maximum absolute atomic E-state index is 8.74. The smallest absolute Gasteiger partial charge is 0.122 e. The van der Waals surface area contributed by atoms with Crippen molar-refractivity contribution in [3.05, 3.63) is 0 Å². The predicted molar refractivity (Wildman–Crippen MR) is 46.6 cm³/mol. The van der Waals surface area contributed by atoms with Crippen molar-refractivity contribution in [1.29, 1.82) is 5.26 Å². The molecule has 0 aromatic rings. The molecule has 0 spiro atoms. The fourth-order valence-electron chi connectivity index (χ4n) is 1.39. The zero-order valence-corrected chi connectivity index (χ0v) is 7.92. The molecule has 1 aliphatic heterocycles. The fourth-order valence-corrected chi connectivity index (χ4v) is 1.39. The number of hydrogen-bond donors (Lipinski definition) is 1. The van der Waals surface area contributed by atoms with Crippen LogP contribution in [0.1, 0.15) is 27.2 Å². The average Bonchev–Trinajstić information content (AvgIpc) is 2.31. The standard InChI is InChI=1S/C9H16N2O/c1-9(2,3)12-8-4-5-11-7(8)6-10/h7-8,11H,4-5H2,1-3H3/t7-,8-/m0/s1. The third-order valence-corrected chi connectivity index (χ3v) is 1.81. The van der Waals surface area contributed by atoms with Gasteiger partial charge in [-0.25, -0.2) is 0 Å². The Bertz CT molecular complexity index is 190. The first-order valence-electron chi connectivity index (χ1n) is 4.34. The molecule has 0 aromatic carbocycles. The van der Waals surface area contributed by atoms with E-state index in [2.05, 4.69) is 11.4 Å². The fraction of sp³-hybridized carbons (Fsp3) is 0.889. The molecule has 0 aliphatic carbocycles. The van der Waals surface area contributed by atoms with E-state index in [1.54, 1.807) is 0 Å². The molecule has 68 valence electrons. The molecule has 3 nitrogen and oxygen atoms in total. The molecule has 1 heterocycles. The molecule has 0 bridgehead atoms. The van der Waals surface area contributed by atoms with Gasteiger partial charge in [0.05, 0.1) is 17.8 Å². The summed E-state index contributed by atoms with van der Waals surface area (Å²) in [5, 5.41) is 11.8. The van der Waals surface area contributed by atoms with Gasteiger partial charge in [0.1, 0.15) is 6.04 Å². The minimum absolute atomic E-state index is 0.0648. The first-order chi connectivity index (χ1) is 5.53. The third-order valence-electron chi connectivity index (χ3n) is 1.81. The van der Waals surface area contributed by atoms with Gasteiger partial charge in [-0.2, -0.15) is 5.26 Å². The number of nitriles is 1. The molecule has 0 radical (unpaired) electrons. The van der Waals surface area contributed by atoms with E-state index >= 15 is 0 Å². The molecule has 12 heavy (non-hydrogen) atoms. The van der Waals surface area contributed by atoms with Crippen molar-refractivity contribution in [1.82, 2.24) is 5.32 Å². The van der Waals surface area contributed by atoms with Crippen molar-refractivity contribution >= 4 is 0 Å². The summed E-state index contributed by atoms with van der Waals surface area (Å²) >= 11 is 0. The van der Waals surface area contributed by atoms with Gasteiger partial charge in [-0.3, -0.25) is 5.32 Å². The van der Waals surface area contributed by atoms with Gasteiger partial charge in [0.2, 0.25) is 0 Å². The Morgan fingerprint density at radius 3 is 2.67 bits per heavy atom. The van der Waals surface area contributed by atoms with Gasteiger partial charge in [0.15, 0.2) is 0 Å². The van der Waals surface area contributed by atoms with Gasteiger partial charge in [-0.05, 0) is 33.7 Å². The van der Waals surface area contributed by atoms with Crippen LogP contribution in [-0.2, 0) is 4.74 Å². The van der Waals surface area contributed by atoms with Gasteiger partial charge >= 0.3 is 0 Å². The molecule has 1 saturated heterocycles. The summed E-state index contributed by atoms with van der Waals surface area (Å²) < 4.78 is 5.72. The van der Waals surface area contributed by atoms with Crippen molar-refractivity contribution in [2.45, 2.75) is 44.9 Å². The van der Waals surface area contributed by atoms with E-state index in [-0.39, 0.29) is 17.7 Å². The van der Waals surface area contributed by atoms with Crippen LogP contribution >= 0.6 is 0 Å². The molecule has 0 amide bonds. The Morgan fingerprint density at radius 2 is 2.17 bits per heavy atom. The second-order valence-electron chi connectivity index (χ2n) is 4.12. The molecule has 3 heteroatoms. The van der Waals surface area contributed by atoms with Crippen LogP contribution < -0.4 is 5.32 Å². The summed E-state index contributed by atoms with van der Waals surface area (Å²) in [6, 6.07) is 2.08. The molecule has 1 aliphatic rings. The van der Waals surface area contributed by atoms with E-state index in [0.29, 0.717) is 0 Å². The highest BCUT2D eigenvalue weighted by atomic mass is 16.5. The van der Waals surface area contributed by atoms with E-state index in [0.717, 1.165) is 13.0 Å². The molecular weight excluding hydrogens is 152 g/mol. The second-order valence-corrected chi connectivity index (χ2v) is 4.12. The molecule has 0 saturated carbocycles. The van der Waals surface area contributed by atoms with E-state index in [9.17, 15) is 0 Å². The summed E-state index contributed by atoms with van der Waals surface area (Å²) in [5.74, 6) is 0. The molecule has 1 fully saturated rings.